The van der Waals surface area contributed by atoms with Crippen molar-refractivity contribution in [3.63, 3.8) is 0 Å². The van der Waals surface area contributed by atoms with Gasteiger partial charge in [-0.25, -0.2) is 0 Å². The molecule has 0 aliphatic heterocycles. The summed E-state index contributed by atoms with van der Waals surface area (Å²) in [5, 5.41) is 3.47. The van der Waals surface area contributed by atoms with Gasteiger partial charge >= 0.3 is 0 Å². The molecular formula is C16H27NS. The van der Waals surface area contributed by atoms with Crippen LogP contribution in [0, 0.1) is 5.41 Å². The second-order valence-electron chi connectivity index (χ2n) is 6.04. The molecule has 1 atom stereocenters. The van der Waals surface area contributed by atoms with Gasteiger partial charge in [0.15, 0.2) is 0 Å². The smallest absolute Gasteiger partial charge is 0.0328 e. The SMILES string of the molecule is CNC(CCCC(C)(C)C)c1ccccc1SC. The van der Waals surface area contributed by atoms with Crippen LogP contribution in [0.25, 0.3) is 0 Å². The normalized spacial score (nSPS) is 13.6. The van der Waals surface area contributed by atoms with E-state index in [2.05, 4.69) is 63.7 Å². The van der Waals surface area contributed by atoms with Gasteiger partial charge in [-0.05, 0) is 43.2 Å². The topological polar surface area (TPSA) is 12.0 Å². The molecule has 0 aromatic heterocycles. The molecule has 1 unspecified atom stereocenters. The van der Waals surface area contributed by atoms with Gasteiger partial charge in [0, 0.05) is 10.9 Å². The highest BCUT2D eigenvalue weighted by Crippen LogP contribution is 2.30. The maximum atomic E-state index is 3.47. The van der Waals surface area contributed by atoms with Crippen molar-refractivity contribution in [3.05, 3.63) is 29.8 Å². The zero-order valence-electron chi connectivity index (χ0n) is 12.4. The van der Waals surface area contributed by atoms with Crippen molar-refractivity contribution in [2.24, 2.45) is 5.41 Å². The first kappa shape index (κ1) is 15.6. The lowest BCUT2D eigenvalue weighted by Gasteiger charge is -2.22. The summed E-state index contributed by atoms with van der Waals surface area (Å²) in [7, 11) is 2.07. The molecule has 1 nitrogen and oxygen atoms in total. The van der Waals surface area contributed by atoms with Crippen molar-refractivity contribution in [2.45, 2.75) is 51.0 Å². The number of hydrogen-bond donors (Lipinski definition) is 1. The maximum Gasteiger partial charge on any atom is 0.0328 e. The Morgan fingerprint density at radius 1 is 1.22 bits per heavy atom. The summed E-state index contributed by atoms with van der Waals surface area (Å²) in [5.74, 6) is 0. The molecule has 1 N–H and O–H groups in total. The standard InChI is InChI=1S/C16H27NS/c1-16(2,3)12-8-10-14(17-4)13-9-6-7-11-15(13)18-5/h6-7,9,11,14,17H,8,10,12H2,1-5H3. The molecule has 1 rings (SSSR count). The van der Waals surface area contributed by atoms with Crippen LogP contribution in [0.3, 0.4) is 0 Å². The Bertz CT molecular complexity index is 354. The summed E-state index contributed by atoms with van der Waals surface area (Å²) >= 11 is 1.84. The van der Waals surface area contributed by atoms with E-state index >= 15 is 0 Å². The van der Waals surface area contributed by atoms with Crippen molar-refractivity contribution >= 4 is 11.8 Å². The van der Waals surface area contributed by atoms with Crippen LogP contribution < -0.4 is 5.32 Å². The highest BCUT2D eigenvalue weighted by molar-refractivity contribution is 7.98. The summed E-state index contributed by atoms with van der Waals surface area (Å²) in [6, 6.07) is 9.22. The monoisotopic (exact) mass is 265 g/mol. The molecule has 0 radical (unpaired) electrons. The lowest BCUT2D eigenvalue weighted by atomic mass is 9.88. The van der Waals surface area contributed by atoms with Gasteiger partial charge in [0.1, 0.15) is 0 Å². The molecular weight excluding hydrogens is 238 g/mol. The summed E-state index contributed by atoms with van der Waals surface area (Å²) < 4.78 is 0. The summed E-state index contributed by atoms with van der Waals surface area (Å²) in [5.41, 5.74) is 1.89. The van der Waals surface area contributed by atoms with E-state index in [-0.39, 0.29) is 0 Å². The molecule has 0 bridgehead atoms. The first-order valence-electron chi connectivity index (χ1n) is 6.78. The highest BCUT2D eigenvalue weighted by Gasteiger charge is 2.15. The largest absolute Gasteiger partial charge is 0.313 e. The molecule has 0 amide bonds. The predicted octanol–water partition coefficient (Wildman–Crippen LogP) is 4.89. The molecule has 1 aromatic carbocycles. The maximum absolute atomic E-state index is 3.47. The minimum absolute atomic E-state index is 0.442. The summed E-state index contributed by atoms with van der Waals surface area (Å²) in [4.78, 5) is 1.40. The average Bonchev–Trinajstić information content (AvgIpc) is 2.33. The van der Waals surface area contributed by atoms with E-state index in [0.29, 0.717) is 11.5 Å². The molecule has 2 heteroatoms. The van der Waals surface area contributed by atoms with Crippen LogP contribution >= 0.6 is 11.8 Å². The van der Waals surface area contributed by atoms with Crippen LogP contribution in [0.1, 0.15) is 51.6 Å². The quantitative estimate of drug-likeness (QED) is 0.735. The Balaban J connectivity index is 2.65. The number of rotatable bonds is 6. The molecule has 102 valence electrons. The third-order valence-corrected chi connectivity index (χ3v) is 4.09. The van der Waals surface area contributed by atoms with Crippen LogP contribution in [0.4, 0.5) is 0 Å². The van der Waals surface area contributed by atoms with E-state index in [1.54, 1.807) is 0 Å². The van der Waals surface area contributed by atoms with E-state index in [9.17, 15) is 0 Å². The van der Waals surface area contributed by atoms with Crippen LogP contribution in [-0.4, -0.2) is 13.3 Å². The molecule has 18 heavy (non-hydrogen) atoms. The third kappa shape index (κ3) is 5.03. The van der Waals surface area contributed by atoms with Gasteiger partial charge in [-0.15, -0.1) is 11.8 Å². The van der Waals surface area contributed by atoms with Crippen LogP contribution in [0.2, 0.25) is 0 Å². The Labute approximate surface area is 117 Å². The van der Waals surface area contributed by atoms with Gasteiger partial charge in [0.05, 0.1) is 0 Å². The van der Waals surface area contributed by atoms with Gasteiger partial charge in [-0.1, -0.05) is 45.4 Å². The zero-order valence-corrected chi connectivity index (χ0v) is 13.2. The van der Waals surface area contributed by atoms with Crippen LogP contribution in [0.5, 0.6) is 0 Å². The van der Waals surface area contributed by atoms with Crippen LogP contribution in [0.15, 0.2) is 29.2 Å². The lowest BCUT2D eigenvalue weighted by molar-refractivity contribution is 0.346. The molecule has 0 aliphatic carbocycles. The molecule has 0 fully saturated rings. The Morgan fingerprint density at radius 2 is 1.89 bits per heavy atom. The summed E-state index contributed by atoms with van der Waals surface area (Å²) in [6.07, 6.45) is 5.93. The number of benzene rings is 1. The molecule has 1 aromatic rings. The molecule has 0 saturated carbocycles. The number of nitrogens with one attached hydrogen (secondary N) is 1. The fourth-order valence-corrected chi connectivity index (χ4v) is 2.91. The third-order valence-electron chi connectivity index (χ3n) is 3.28. The van der Waals surface area contributed by atoms with Crippen molar-refractivity contribution < 1.29 is 0 Å². The average molecular weight is 265 g/mol. The second kappa shape index (κ2) is 7.20. The zero-order chi connectivity index (χ0) is 13.6. The van der Waals surface area contributed by atoms with Gasteiger partial charge in [0.25, 0.3) is 0 Å². The van der Waals surface area contributed by atoms with Crippen molar-refractivity contribution in [3.8, 4) is 0 Å². The van der Waals surface area contributed by atoms with E-state index in [4.69, 9.17) is 0 Å². The fourth-order valence-electron chi connectivity index (χ4n) is 2.25. The highest BCUT2D eigenvalue weighted by atomic mass is 32.2. The van der Waals surface area contributed by atoms with E-state index < -0.39 is 0 Å². The minimum atomic E-state index is 0.442. The number of hydrogen-bond acceptors (Lipinski definition) is 2. The van der Waals surface area contributed by atoms with E-state index in [1.165, 1.54) is 29.7 Å². The van der Waals surface area contributed by atoms with Crippen molar-refractivity contribution in [1.82, 2.24) is 5.32 Å². The first-order chi connectivity index (χ1) is 8.48. The predicted molar refractivity (Wildman–Crippen MR) is 83.3 cm³/mol. The Kier molecular flexibility index (Phi) is 6.24. The van der Waals surface area contributed by atoms with Gasteiger partial charge in [-0.3, -0.25) is 0 Å². The molecule has 0 heterocycles. The molecule has 0 spiro atoms. The second-order valence-corrected chi connectivity index (χ2v) is 6.88. The summed E-state index contributed by atoms with van der Waals surface area (Å²) in [6.45, 7) is 6.95. The van der Waals surface area contributed by atoms with Gasteiger partial charge in [0.2, 0.25) is 0 Å². The Morgan fingerprint density at radius 3 is 2.44 bits per heavy atom. The van der Waals surface area contributed by atoms with Crippen molar-refractivity contribution in [2.75, 3.05) is 13.3 Å². The minimum Gasteiger partial charge on any atom is -0.313 e. The number of thioether (sulfide) groups is 1. The van der Waals surface area contributed by atoms with Gasteiger partial charge in [-0.2, -0.15) is 0 Å². The first-order valence-corrected chi connectivity index (χ1v) is 8.00. The van der Waals surface area contributed by atoms with E-state index in [1.807, 2.05) is 11.8 Å². The fraction of sp³-hybridized carbons (Fsp3) is 0.625. The Hall–Kier alpha value is -0.470. The molecule has 0 aliphatic rings. The van der Waals surface area contributed by atoms with Gasteiger partial charge < -0.3 is 5.32 Å². The van der Waals surface area contributed by atoms with Crippen molar-refractivity contribution in [1.29, 1.82) is 0 Å². The molecule has 0 saturated heterocycles. The lowest BCUT2D eigenvalue weighted by Crippen LogP contribution is -2.18. The van der Waals surface area contributed by atoms with E-state index in [0.717, 1.165) is 0 Å². The van der Waals surface area contributed by atoms with Crippen LogP contribution in [-0.2, 0) is 0 Å².